The normalized spacial score (nSPS) is 15.4. The van der Waals surface area contributed by atoms with Crippen LogP contribution in [-0.2, 0) is 82.4 Å². The van der Waals surface area contributed by atoms with E-state index in [9.17, 15) is 0 Å². The molecule has 0 N–H and O–H groups in total. The molecule has 12 aromatic rings. The van der Waals surface area contributed by atoms with Crippen molar-refractivity contribution in [3.8, 4) is 67.9 Å². The van der Waals surface area contributed by atoms with Gasteiger partial charge in [0.1, 0.15) is 54.3 Å². The van der Waals surface area contributed by atoms with Gasteiger partial charge in [0.2, 0.25) is 20.4 Å². The van der Waals surface area contributed by atoms with Crippen LogP contribution in [0.15, 0.2) is 182 Å². The van der Waals surface area contributed by atoms with Gasteiger partial charge >= 0.3 is 17.9 Å². The summed E-state index contributed by atoms with van der Waals surface area (Å²) in [5.41, 5.74) is 9.68. The van der Waals surface area contributed by atoms with Crippen molar-refractivity contribution in [1.82, 2.24) is 0 Å². The van der Waals surface area contributed by atoms with E-state index in [1.807, 2.05) is 109 Å². The molecule has 0 spiro atoms. The van der Waals surface area contributed by atoms with Crippen molar-refractivity contribution >= 4 is 82.5 Å². The summed E-state index contributed by atoms with van der Waals surface area (Å²) in [5.74, 6) is -0.950. The first-order chi connectivity index (χ1) is 56.2. The SMILES string of the molecule is CCCCCCCOCc1cc2ccccc2c2c1OCOc1c(COC(=O)C3CC(C(=O)OCc4cc5ccccc5c5c4OCOc4c(COCCCCCCC)cc6ccccc6c4-5)CC(C(=O)OCc4cc5ccccc5c5c4OCOc4c(COCCCCCCC)cc6ccccc6c4-5)C3)cc3ccccc3c1-2. The molecule has 4 aliphatic rings. The van der Waals surface area contributed by atoms with Gasteiger partial charge in [0, 0.05) is 86.6 Å². The summed E-state index contributed by atoms with van der Waals surface area (Å²) in [7, 11) is 0. The maximum atomic E-state index is 15.4. The second-order valence-electron chi connectivity index (χ2n) is 31.0. The average molecular weight is 1530 g/mol. The first-order valence-electron chi connectivity index (χ1n) is 41.5. The second-order valence-corrected chi connectivity index (χ2v) is 31.0. The van der Waals surface area contributed by atoms with Gasteiger partial charge in [0.25, 0.3) is 0 Å². The Morgan fingerprint density at radius 2 is 0.474 bits per heavy atom. The molecule has 16 rings (SSSR count). The summed E-state index contributed by atoms with van der Waals surface area (Å²) in [4.78, 5) is 46.3. The van der Waals surface area contributed by atoms with E-state index in [0.29, 0.717) is 90.8 Å². The highest BCUT2D eigenvalue weighted by atomic mass is 16.7. The van der Waals surface area contributed by atoms with Crippen LogP contribution >= 0.6 is 0 Å². The number of unbranched alkanes of at least 4 members (excludes halogenated alkanes) is 12. The van der Waals surface area contributed by atoms with Gasteiger partial charge in [0.05, 0.1) is 37.6 Å². The molecule has 0 radical (unpaired) electrons. The number of hydrogen-bond acceptors (Lipinski definition) is 15. The fourth-order valence-electron chi connectivity index (χ4n) is 17.5. The Hall–Kier alpha value is -10.7. The van der Waals surface area contributed by atoms with Crippen molar-refractivity contribution < 1.29 is 71.2 Å². The minimum atomic E-state index is -0.945. The summed E-state index contributed by atoms with van der Waals surface area (Å²) in [6.45, 7) is 8.73. The van der Waals surface area contributed by atoms with E-state index in [1.54, 1.807) is 0 Å². The van der Waals surface area contributed by atoms with Crippen LogP contribution in [-0.4, -0.2) is 58.1 Å². The molecular formula is C99H102O15. The quantitative estimate of drug-likeness (QED) is 0.0217. The molecule has 0 bridgehead atoms. The van der Waals surface area contributed by atoms with Crippen LogP contribution in [0.4, 0.5) is 0 Å². The highest BCUT2D eigenvalue weighted by Crippen LogP contribution is 2.55. The van der Waals surface area contributed by atoms with Crippen molar-refractivity contribution in [2.45, 2.75) is 176 Å². The number of rotatable bonds is 33. The molecule has 1 fully saturated rings. The first-order valence-corrected chi connectivity index (χ1v) is 41.5. The Balaban J connectivity index is 0.714. The van der Waals surface area contributed by atoms with Gasteiger partial charge < -0.3 is 56.8 Å². The van der Waals surface area contributed by atoms with Crippen LogP contribution in [0.1, 0.15) is 170 Å². The van der Waals surface area contributed by atoms with E-state index >= 15 is 14.4 Å². The summed E-state index contributed by atoms with van der Waals surface area (Å²) < 4.78 is 78.9. The zero-order valence-electron chi connectivity index (χ0n) is 65.9. The molecule has 12 aromatic carbocycles. The molecule has 1 saturated carbocycles. The number of esters is 3. The van der Waals surface area contributed by atoms with E-state index in [-0.39, 0.29) is 59.5 Å². The van der Waals surface area contributed by atoms with Crippen molar-refractivity contribution in [2.75, 3.05) is 40.2 Å². The first kappa shape index (κ1) is 77.2. The largest absolute Gasteiger partial charge is 0.460 e. The van der Waals surface area contributed by atoms with Gasteiger partial charge in [-0.1, -0.05) is 243 Å². The lowest BCUT2D eigenvalue weighted by Crippen LogP contribution is -2.37. The van der Waals surface area contributed by atoms with Crippen molar-refractivity contribution in [2.24, 2.45) is 17.8 Å². The zero-order chi connectivity index (χ0) is 77.7. The minimum absolute atomic E-state index is 0.0407. The van der Waals surface area contributed by atoms with Crippen molar-refractivity contribution in [3.63, 3.8) is 0 Å². The van der Waals surface area contributed by atoms with E-state index in [1.165, 1.54) is 57.8 Å². The van der Waals surface area contributed by atoms with E-state index in [2.05, 4.69) is 93.6 Å². The molecule has 15 heteroatoms. The van der Waals surface area contributed by atoms with Gasteiger partial charge in [-0.2, -0.15) is 0 Å². The lowest BCUT2D eigenvalue weighted by atomic mass is 9.75. The zero-order valence-corrected chi connectivity index (χ0v) is 65.9. The number of fused-ring (bicyclic) bond motifs is 21. The summed E-state index contributed by atoms with van der Waals surface area (Å²) >= 11 is 0. The number of benzene rings is 12. The van der Waals surface area contributed by atoms with E-state index in [4.69, 9.17) is 56.8 Å². The highest BCUT2D eigenvalue weighted by molar-refractivity contribution is 6.14. The Kier molecular flexibility index (Phi) is 24.8. The van der Waals surface area contributed by atoms with E-state index < -0.39 is 35.7 Å². The summed E-state index contributed by atoms with van der Waals surface area (Å²) in [6, 6.07) is 61.7. The number of carbonyl (C=O) groups is 3. The molecule has 0 unspecified atom stereocenters. The van der Waals surface area contributed by atoms with Gasteiger partial charge in [0.15, 0.2) is 0 Å². The molecule has 588 valence electrons. The molecular weight excluding hydrogens is 1430 g/mol. The molecule has 3 aliphatic heterocycles. The van der Waals surface area contributed by atoms with Gasteiger partial charge in [-0.15, -0.1) is 0 Å². The number of hydrogen-bond donors (Lipinski definition) is 0. The third-order valence-electron chi connectivity index (χ3n) is 23.2. The highest BCUT2D eigenvalue weighted by Gasteiger charge is 2.42. The standard InChI is InChI=1S/C99H102O15/c1-4-7-10-13-28-43-103-55-73-46-64-31-16-22-37-79(64)85-88-82-40-25-19-34-67(82)49-76(94(88)112-61-109-91(73)85)58-106-97(100)70-52-71(98(101)107-59-77-50-68-35-20-26-41-83(68)89-86-80-38-23-17-32-65(80)47-74(92(86)110-62-113-95(77)89)56-104-44-29-14-11-8-5-2)54-72(53-70)99(102)108-60-78-51-69-36-21-27-42-84(69)90-87-81-39-24-18-33-66(81)48-75(93(87)111-63-114-96(78)90)57-105-45-30-15-12-9-6-3/h16-27,31-42,46-51,70-72H,4-15,28-30,43-45,52-63H2,1-3H3. The summed E-state index contributed by atoms with van der Waals surface area (Å²) in [6.07, 6.45) is 17.1. The smallest absolute Gasteiger partial charge is 0.309 e. The summed E-state index contributed by atoms with van der Waals surface area (Å²) in [5, 5.41) is 11.6. The Bertz CT molecular complexity index is 4950. The third-order valence-corrected chi connectivity index (χ3v) is 23.2. The fourth-order valence-corrected chi connectivity index (χ4v) is 17.5. The second kappa shape index (κ2) is 36.6. The molecule has 1 aliphatic carbocycles. The molecule has 3 heterocycles. The van der Waals surface area contributed by atoms with Crippen LogP contribution in [0.2, 0.25) is 0 Å². The van der Waals surface area contributed by atoms with Gasteiger partial charge in [-0.05, 0) is 140 Å². The topological polar surface area (TPSA) is 162 Å². The number of ether oxygens (including phenoxy) is 12. The van der Waals surface area contributed by atoms with E-state index in [0.717, 1.165) is 153 Å². The molecule has 15 nitrogen and oxygen atoms in total. The predicted molar refractivity (Wildman–Crippen MR) is 448 cm³/mol. The number of carbonyl (C=O) groups excluding carboxylic acids is 3. The maximum Gasteiger partial charge on any atom is 0.309 e. The monoisotopic (exact) mass is 1530 g/mol. The molecule has 0 atom stereocenters. The van der Waals surface area contributed by atoms with Crippen LogP contribution < -0.4 is 28.4 Å². The predicted octanol–water partition coefficient (Wildman–Crippen LogP) is 23.8. The molecule has 0 amide bonds. The van der Waals surface area contributed by atoms with Crippen LogP contribution in [0.5, 0.6) is 34.5 Å². The third kappa shape index (κ3) is 16.7. The van der Waals surface area contributed by atoms with Crippen LogP contribution in [0, 0.1) is 17.8 Å². The fraction of sp³-hybridized carbons (Fsp3) is 0.364. The van der Waals surface area contributed by atoms with Crippen molar-refractivity contribution in [1.29, 1.82) is 0 Å². The van der Waals surface area contributed by atoms with Crippen LogP contribution in [0.25, 0.3) is 98.0 Å². The molecule has 0 saturated heterocycles. The lowest BCUT2D eigenvalue weighted by Gasteiger charge is -2.31. The molecule has 114 heavy (non-hydrogen) atoms. The van der Waals surface area contributed by atoms with Gasteiger partial charge in [-0.3, -0.25) is 14.4 Å². The maximum absolute atomic E-state index is 15.4. The van der Waals surface area contributed by atoms with Crippen LogP contribution in [0.3, 0.4) is 0 Å². The molecule has 0 aromatic heterocycles. The average Bonchev–Trinajstić information content (AvgIpc) is 1.38. The van der Waals surface area contributed by atoms with Crippen molar-refractivity contribution in [3.05, 3.63) is 215 Å². The minimum Gasteiger partial charge on any atom is -0.460 e. The Morgan fingerprint density at radius 1 is 0.272 bits per heavy atom. The van der Waals surface area contributed by atoms with Gasteiger partial charge in [-0.25, -0.2) is 0 Å². The Labute approximate surface area is 667 Å². The lowest BCUT2D eigenvalue weighted by molar-refractivity contribution is -0.162. The Morgan fingerprint density at radius 3 is 0.693 bits per heavy atom.